The van der Waals surface area contributed by atoms with E-state index in [1.807, 2.05) is 12.3 Å². The molecule has 0 saturated heterocycles. The molecule has 0 aliphatic rings. The molecule has 1 unspecified atom stereocenters. The number of fused-ring (bicyclic) bond motifs is 1. The number of benzene rings is 2. The molecular formula is C24H21N5O4S2. The first-order valence-corrected chi connectivity index (χ1v) is 12.4. The van der Waals surface area contributed by atoms with Crippen LogP contribution in [-0.4, -0.2) is 41.6 Å². The fourth-order valence-corrected chi connectivity index (χ4v) is 4.85. The van der Waals surface area contributed by atoms with E-state index < -0.39 is 23.4 Å². The molecule has 2 aromatic heterocycles. The summed E-state index contributed by atoms with van der Waals surface area (Å²) in [7, 11) is 1.56. The van der Waals surface area contributed by atoms with Crippen molar-refractivity contribution >= 4 is 51.9 Å². The Labute approximate surface area is 208 Å². The molecule has 4 rings (SSSR count). The van der Waals surface area contributed by atoms with Crippen LogP contribution in [0.3, 0.4) is 0 Å². The van der Waals surface area contributed by atoms with Crippen LogP contribution < -0.4 is 21.0 Å². The average Bonchev–Trinajstić information content (AvgIpc) is 3.30. The van der Waals surface area contributed by atoms with Gasteiger partial charge in [-0.25, -0.2) is 10.5 Å². The number of aromatic nitrogens is 2. The first kappa shape index (κ1) is 24.2. The predicted octanol–water partition coefficient (Wildman–Crippen LogP) is 3.34. The van der Waals surface area contributed by atoms with E-state index in [0.29, 0.717) is 27.0 Å². The van der Waals surface area contributed by atoms with Crippen molar-refractivity contribution in [3.8, 4) is 5.06 Å². The molecule has 1 atom stereocenters. The molecule has 11 heteroatoms. The van der Waals surface area contributed by atoms with E-state index in [1.165, 1.54) is 17.6 Å². The molecule has 4 aromatic rings. The van der Waals surface area contributed by atoms with Crippen LogP contribution in [-0.2, 0) is 4.79 Å². The molecule has 0 aliphatic carbocycles. The Kier molecular flexibility index (Phi) is 7.58. The van der Waals surface area contributed by atoms with Crippen molar-refractivity contribution < 1.29 is 14.3 Å². The number of amides is 2. The van der Waals surface area contributed by atoms with Crippen molar-refractivity contribution in [2.24, 2.45) is 5.10 Å². The molecule has 3 N–H and O–H groups in total. The van der Waals surface area contributed by atoms with Gasteiger partial charge < -0.3 is 10.1 Å². The predicted molar refractivity (Wildman–Crippen MR) is 137 cm³/mol. The second-order valence-corrected chi connectivity index (χ2v) is 9.33. The summed E-state index contributed by atoms with van der Waals surface area (Å²) in [4.78, 5) is 38.4. The van der Waals surface area contributed by atoms with Crippen molar-refractivity contribution in [2.45, 2.75) is 10.3 Å². The molecule has 2 aromatic carbocycles. The minimum absolute atomic E-state index is 0.190. The molecular weight excluding hydrogens is 486 g/mol. The monoisotopic (exact) mass is 507 g/mol. The fraction of sp³-hybridized carbons (Fsp3) is 0.125. The largest absolute Gasteiger partial charge is 0.487 e. The average molecular weight is 508 g/mol. The number of methoxy groups -OCH3 is 1. The molecule has 0 bridgehead atoms. The fourth-order valence-electron chi connectivity index (χ4n) is 3.36. The number of nitrogens with one attached hydrogen (secondary N) is 3. The summed E-state index contributed by atoms with van der Waals surface area (Å²) >= 11 is 3.04. The maximum absolute atomic E-state index is 13.2. The van der Waals surface area contributed by atoms with Gasteiger partial charge in [0.05, 0.1) is 22.9 Å². The highest BCUT2D eigenvalue weighted by atomic mass is 32.2. The quantitative estimate of drug-likeness (QED) is 0.191. The number of nitrogens with zero attached hydrogens (tertiary/aromatic N) is 2. The molecule has 35 heavy (non-hydrogen) atoms. The third-order valence-corrected chi connectivity index (χ3v) is 7.22. The molecule has 0 saturated carbocycles. The summed E-state index contributed by atoms with van der Waals surface area (Å²) in [5.41, 5.74) is 3.34. The number of hydrogen-bond acceptors (Lipinski definition) is 8. The van der Waals surface area contributed by atoms with Gasteiger partial charge in [0, 0.05) is 16.5 Å². The van der Waals surface area contributed by atoms with E-state index in [-0.39, 0.29) is 5.69 Å². The van der Waals surface area contributed by atoms with Crippen molar-refractivity contribution in [2.75, 3.05) is 13.4 Å². The standard InChI is InChI=1S/C24H21N5O4S2/c1-33-24-15(12-18(34-2)35-24)13-25-28-23(32)20(26-21(30)14-8-4-3-5-9-14)19-16-10-6-7-11-17(16)22(31)29-27-19/h3-13,20H,1-2H3,(H,26,30)(H,28,32)(H,29,31)/b25-13+. The van der Waals surface area contributed by atoms with E-state index in [0.717, 1.165) is 4.21 Å². The zero-order chi connectivity index (χ0) is 24.8. The van der Waals surface area contributed by atoms with Crippen LogP contribution in [0.4, 0.5) is 0 Å². The van der Waals surface area contributed by atoms with Crippen molar-refractivity contribution in [3.05, 3.63) is 87.8 Å². The van der Waals surface area contributed by atoms with Crippen LogP contribution in [0, 0.1) is 0 Å². The van der Waals surface area contributed by atoms with Gasteiger partial charge >= 0.3 is 0 Å². The van der Waals surface area contributed by atoms with Crippen LogP contribution in [0.5, 0.6) is 5.06 Å². The third-order valence-electron chi connectivity index (χ3n) is 5.04. The smallest absolute Gasteiger partial charge is 0.272 e. The van der Waals surface area contributed by atoms with E-state index in [1.54, 1.807) is 73.5 Å². The van der Waals surface area contributed by atoms with Gasteiger partial charge in [-0.15, -0.1) is 11.8 Å². The maximum Gasteiger partial charge on any atom is 0.272 e. The van der Waals surface area contributed by atoms with Crippen LogP contribution in [0.15, 0.2) is 74.8 Å². The van der Waals surface area contributed by atoms with E-state index in [9.17, 15) is 14.4 Å². The number of hydrazone groups is 1. The Bertz CT molecular complexity index is 1450. The van der Waals surface area contributed by atoms with Gasteiger partial charge in [-0.2, -0.15) is 10.2 Å². The zero-order valence-electron chi connectivity index (χ0n) is 18.8. The number of ether oxygens (including phenoxy) is 1. The lowest BCUT2D eigenvalue weighted by Gasteiger charge is -2.18. The zero-order valence-corrected chi connectivity index (χ0v) is 20.4. The van der Waals surface area contributed by atoms with Crippen molar-refractivity contribution in [3.63, 3.8) is 0 Å². The van der Waals surface area contributed by atoms with E-state index >= 15 is 0 Å². The minimum atomic E-state index is -1.23. The Morgan fingerprint density at radius 2 is 1.86 bits per heavy atom. The number of H-pyrrole nitrogens is 1. The molecule has 0 spiro atoms. The van der Waals surface area contributed by atoms with Gasteiger partial charge in [-0.05, 0) is 30.5 Å². The van der Waals surface area contributed by atoms with E-state index in [4.69, 9.17) is 4.74 Å². The number of aromatic amines is 1. The second kappa shape index (κ2) is 11.0. The normalized spacial score (nSPS) is 11.9. The Morgan fingerprint density at radius 3 is 2.57 bits per heavy atom. The number of hydrogen-bond donors (Lipinski definition) is 3. The summed E-state index contributed by atoms with van der Waals surface area (Å²) in [6.45, 7) is 0. The Balaban J connectivity index is 1.66. The van der Waals surface area contributed by atoms with Gasteiger partial charge in [0.2, 0.25) is 0 Å². The number of thioether (sulfide) groups is 1. The summed E-state index contributed by atoms with van der Waals surface area (Å²) < 4.78 is 6.40. The SMILES string of the molecule is COc1sc(SC)cc1/C=N/NC(=O)C(NC(=O)c1ccccc1)c1n[nH]c(=O)c2ccccc12. The maximum atomic E-state index is 13.2. The summed E-state index contributed by atoms with van der Waals surface area (Å²) in [6.07, 6.45) is 3.43. The third kappa shape index (κ3) is 5.42. The highest BCUT2D eigenvalue weighted by Crippen LogP contribution is 2.34. The molecule has 0 aliphatic heterocycles. The second-order valence-electron chi connectivity index (χ2n) is 7.21. The number of carbonyl (C=O) groups excluding carboxylic acids is 2. The topological polar surface area (TPSA) is 126 Å². The Morgan fingerprint density at radius 1 is 1.14 bits per heavy atom. The summed E-state index contributed by atoms with van der Waals surface area (Å²) in [6, 6.07) is 15.9. The number of thiophene rings is 1. The van der Waals surface area contributed by atoms with Crippen LogP contribution in [0.25, 0.3) is 10.8 Å². The number of carbonyl (C=O) groups is 2. The highest BCUT2D eigenvalue weighted by molar-refractivity contribution is 8.00. The molecule has 0 radical (unpaired) electrons. The van der Waals surface area contributed by atoms with Crippen LogP contribution in [0.1, 0.15) is 27.7 Å². The lowest BCUT2D eigenvalue weighted by Crippen LogP contribution is -2.40. The van der Waals surface area contributed by atoms with Gasteiger partial charge in [-0.3, -0.25) is 14.4 Å². The minimum Gasteiger partial charge on any atom is -0.487 e. The van der Waals surface area contributed by atoms with Crippen molar-refractivity contribution in [1.82, 2.24) is 20.9 Å². The van der Waals surface area contributed by atoms with Gasteiger partial charge in [0.1, 0.15) is 5.69 Å². The van der Waals surface area contributed by atoms with Crippen molar-refractivity contribution in [1.29, 1.82) is 0 Å². The summed E-state index contributed by atoms with van der Waals surface area (Å²) in [5, 5.41) is 14.7. The van der Waals surface area contributed by atoms with Crippen LogP contribution >= 0.6 is 23.1 Å². The number of rotatable bonds is 8. The van der Waals surface area contributed by atoms with Gasteiger partial charge in [-0.1, -0.05) is 47.7 Å². The summed E-state index contributed by atoms with van der Waals surface area (Å²) in [5.74, 6) is -1.11. The molecule has 0 fully saturated rings. The van der Waals surface area contributed by atoms with Gasteiger partial charge in [0.15, 0.2) is 11.1 Å². The van der Waals surface area contributed by atoms with Crippen LogP contribution in [0.2, 0.25) is 0 Å². The lowest BCUT2D eigenvalue weighted by molar-refractivity contribution is -0.123. The molecule has 2 amide bonds. The highest BCUT2D eigenvalue weighted by Gasteiger charge is 2.27. The molecule has 9 nitrogen and oxygen atoms in total. The first-order chi connectivity index (χ1) is 17.0. The van der Waals surface area contributed by atoms with E-state index in [2.05, 4.69) is 26.0 Å². The first-order valence-electron chi connectivity index (χ1n) is 10.4. The molecule has 178 valence electrons. The lowest BCUT2D eigenvalue weighted by atomic mass is 10.0. The molecule has 2 heterocycles. The Hall–Kier alpha value is -3.96. The van der Waals surface area contributed by atoms with Gasteiger partial charge in [0.25, 0.3) is 17.4 Å².